The van der Waals surface area contributed by atoms with Gasteiger partial charge in [0.15, 0.2) is 0 Å². The molecule has 0 saturated heterocycles. The van der Waals surface area contributed by atoms with Gasteiger partial charge in [0.05, 0.1) is 0 Å². The molecular weight excluding hydrogens is 304 g/mol. The molecule has 0 bridgehead atoms. The van der Waals surface area contributed by atoms with Crippen LogP contribution in [-0.2, 0) is 0 Å². The highest BCUT2D eigenvalue weighted by Gasteiger charge is 2.35. The summed E-state index contributed by atoms with van der Waals surface area (Å²) in [5.41, 5.74) is 7.55. The molecule has 0 aromatic rings. The molecule has 1 fully saturated rings. The monoisotopic (exact) mass is 345 g/mol. The summed E-state index contributed by atoms with van der Waals surface area (Å²) >= 11 is 0. The van der Waals surface area contributed by atoms with Gasteiger partial charge in [0.2, 0.25) is 0 Å². The Labute approximate surface area is 153 Å². The first-order chi connectivity index (χ1) is 11.4. The largest absolute Gasteiger partial charge is 0.0720 e. The van der Waals surface area contributed by atoms with Crippen LogP contribution in [0.4, 0.5) is 0 Å². The van der Waals surface area contributed by atoms with Gasteiger partial charge in [-0.1, -0.05) is 89.0 Å². The molecule has 0 aliphatic heterocycles. The van der Waals surface area contributed by atoms with Crippen molar-refractivity contribution in [2.75, 3.05) is 0 Å². The van der Waals surface area contributed by atoms with Gasteiger partial charge in [-0.15, -0.1) is 0 Å². The van der Waals surface area contributed by atoms with Crippen LogP contribution in [0, 0.1) is 11.8 Å². The van der Waals surface area contributed by atoms with Crippen LogP contribution >= 0.6 is 0 Å². The molecular formula is C23H41Si. The first kappa shape index (κ1) is 20.0. The highest BCUT2D eigenvalue weighted by molar-refractivity contribution is 6.58. The minimum atomic E-state index is -0.661. The molecule has 2 aliphatic carbocycles. The average Bonchev–Trinajstić information content (AvgIpc) is 2.72. The number of allylic oxidation sites excluding steroid dienone is 4. The Balaban J connectivity index is 2.25. The maximum atomic E-state index is 2.60. The second-order valence-electron chi connectivity index (χ2n) is 8.81. The highest BCUT2D eigenvalue weighted by Crippen LogP contribution is 2.49. The van der Waals surface area contributed by atoms with E-state index in [9.17, 15) is 0 Å². The van der Waals surface area contributed by atoms with Crippen LogP contribution in [0.15, 0.2) is 22.3 Å². The molecule has 0 N–H and O–H groups in total. The van der Waals surface area contributed by atoms with Gasteiger partial charge in [-0.05, 0) is 49.8 Å². The van der Waals surface area contributed by atoms with E-state index in [2.05, 4.69) is 40.8 Å². The van der Waals surface area contributed by atoms with Crippen LogP contribution in [0.5, 0.6) is 0 Å². The number of rotatable bonds is 2. The second-order valence-corrected chi connectivity index (χ2v) is 12.1. The Hall–Kier alpha value is -0.303. The van der Waals surface area contributed by atoms with E-state index in [0.717, 1.165) is 5.54 Å². The molecule has 0 amide bonds. The third-order valence-electron chi connectivity index (χ3n) is 6.95. The third-order valence-corrected chi connectivity index (χ3v) is 9.30. The summed E-state index contributed by atoms with van der Waals surface area (Å²) in [6.07, 6.45) is 14.5. The topological polar surface area (TPSA) is 0 Å². The van der Waals surface area contributed by atoms with Crippen LogP contribution in [0.1, 0.15) is 91.9 Å². The average molecular weight is 346 g/mol. The van der Waals surface area contributed by atoms with E-state index in [1.165, 1.54) is 64.2 Å². The zero-order valence-corrected chi connectivity index (χ0v) is 18.5. The predicted octanol–water partition coefficient (Wildman–Crippen LogP) is 7.63. The van der Waals surface area contributed by atoms with Crippen molar-refractivity contribution < 1.29 is 0 Å². The highest BCUT2D eigenvalue weighted by atomic mass is 28.3. The van der Waals surface area contributed by atoms with Gasteiger partial charge in [-0.25, -0.2) is 0 Å². The molecule has 0 nitrogen and oxygen atoms in total. The maximum Gasteiger partial charge on any atom is 0.0348 e. The van der Waals surface area contributed by atoms with Crippen LogP contribution in [0.2, 0.25) is 18.6 Å². The lowest BCUT2D eigenvalue weighted by atomic mass is 9.80. The van der Waals surface area contributed by atoms with Crippen molar-refractivity contribution in [2.45, 2.75) is 111 Å². The maximum absolute atomic E-state index is 2.60. The standard InChI is InChI=1S/C23H41Si/c1-17-18(2)20(4)23(19(17)3)21-15-13-11-9-7-8-10-12-14-16-22(21)24(5)6/h19,22,24H,7-16H2,1-6H3. The minimum absolute atomic E-state index is 0.661. The first-order valence-corrected chi connectivity index (χ1v) is 13.7. The molecule has 1 radical (unpaired) electrons. The van der Waals surface area contributed by atoms with Crippen molar-refractivity contribution >= 4 is 8.80 Å². The van der Waals surface area contributed by atoms with Crippen molar-refractivity contribution in [1.82, 2.24) is 0 Å². The fourth-order valence-corrected chi connectivity index (χ4v) is 7.11. The van der Waals surface area contributed by atoms with E-state index in [1.807, 2.05) is 5.92 Å². The smallest absolute Gasteiger partial charge is 0.0348 e. The van der Waals surface area contributed by atoms with Gasteiger partial charge < -0.3 is 0 Å². The lowest BCUT2D eigenvalue weighted by molar-refractivity contribution is 0.514. The molecule has 0 spiro atoms. The molecule has 0 heterocycles. The fraction of sp³-hybridized carbons (Fsp3) is 0.783. The molecule has 2 rings (SSSR count). The van der Waals surface area contributed by atoms with Crippen molar-refractivity contribution in [3.63, 3.8) is 0 Å². The molecule has 1 saturated carbocycles. The summed E-state index contributed by atoms with van der Waals surface area (Å²) in [6.45, 7) is 14.8. The lowest BCUT2D eigenvalue weighted by Gasteiger charge is -2.34. The van der Waals surface area contributed by atoms with Gasteiger partial charge in [0.1, 0.15) is 0 Å². The van der Waals surface area contributed by atoms with Crippen LogP contribution in [0.25, 0.3) is 0 Å². The van der Waals surface area contributed by atoms with Crippen LogP contribution in [0.3, 0.4) is 0 Å². The summed E-state index contributed by atoms with van der Waals surface area (Å²) in [5, 5.41) is 0. The molecule has 137 valence electrons. The Morgan fingerprint density at radius 3 is 1.79 bits per heavy atom. The van der Waals surface area contributed by atoms with Gasteiger partial charge >= 0.3 is 0 Å². The second kappa shape index (κ2) is 9.41. The minimum Gasteiger partial charge on any atom is -0.0720 e. The normalized spacial score (nSPS) is 29.1. The summed E-state index contributed by atoms with van der Waals surface area (Å²) in [4.78, 5) is 0. The van der Waals surface area contributed by atoms with Crippen molar-refractivity contribution in [2.24, 2.45) is 5.92 Å². The summed E-state index contributed by atoms with van der Waals surface area (Å²) in [6, 6.07) is 0. The van der Waals surface area contributed by atoms with Gasteiger partial charge in [-0.3, -0.25) is 0 Å². The van der Waals surface area contributed by atoms with E-state index in [4.69, 9.17) is 0 Å². The summed E-state index contributed by atoms with van der Waals surface area (Å²) in [7, 11) is -0.661. The molecule has 2 aliphatic rings. The van der Waals surface area contributed by atoms with Crippen molar-refractivity contribution in [3.05, 3.63) is 28.2 Å². The van der Waals surface area contributed by atoms with Crippen LogP contribution < -0.4 is 0 Å². The lowest BCUT2D eigenvalue weighted by Crippen LogP contribution is -2.24. The predicted molar refractivity (Wildman–Crippen MR) is 112 cm³/mol. The number of hydrogen-bond donors (Lipinski definition) is 0. The van der Waals surface area contributed by atoms with Crippen LogP contribution in [-0.4, -0.2) is 8.80 Å². The Kier molecular flexibility index (Phi) is 7.85. The molecule has 2 unspecified atom stereocenters. The van der Waals surface area contributed by atoms with Crippen molar-refractivity contribution in [1.29, 1.82) is 0 Å². The Morgan fingerprint density at radius 2 is 1.29 bits per heavy atom. The van der Waals surface area contributed by atoms with Gasteiger partial charge in [-0.2, -0.15) is 0 Å². The van der Waals surface area contributed by atoms with E-state index in [0.29, 0.717) is 5.92 Å². The SMILES string of the molecule is CC1=C(C)C(C)C([C]2CCCCCCCCCCC2[SiH](C)C)=C1C. The Bertz CT molecular complexity index is 468. The van der Waals surface area contributed by atoms with E-state index in [-0.39, 0.29) is 0 Å². The molecule has 0 aromatic carbocycles. The van der Waals surface area contributed by atoms with Gasteiger partial charge in [0.25, 0.3) is 0 Å². The summed E-state index contributed by atoms with van der Waals surface area (Å²) < 4.78 is 0. The summed E-state index contributed by atoms with van der Waals surface area (Å²) in [5.74, 6) is 2.57. The zero-order valence-electron chi connectivity index (χ0n) is 17.3. The molecule has 24 heavy (non-hydrogen) atoms. The molecule has 2 atom stereocenters. The third kappa shape index (κ3) is 4.65. The van der Waals surface area contributed by atoms with E-state index < -0.39 is 8.80 Å². The first-order valence-electron chi connectivity index (χ1n) is 10.7. The van der Waals surface area contributed by atoms with E-state index in [1.54, 1.807) is 22.3 Å². The number of hydrogen-bond acceptors (Lipinski definition) is 0. The van der Waals surface area contributed by atoms with E-state index >= 15 is 0 Å². The molecule has 1 heteroatoms. The Morgan fingerprint density at radius 1 is 0.750 bits per heavy atom. The van der Waals surface area contributed by atoms with Gasteiger partial charge in [0, 0.05) is 14.7 Å². The zero-order chi connectivity index (χ0) is 17.7. The fourth-order valence-electron chi connectivity index (χ4n) is 5.05. The quantitative estimate of drug-likeness (QED) is 0.451. The molecule has 0 aromatic heterocycles. The van der Waals surface area contributed by atoms with Crippen molar-refractivity contribution in [3.8, 4) is 0 Å².